The number of nitrogens with zero attached hydrogens (tertiary/aromatic N) is 8. The molecule has 0 fully saturated rings. The maximum atomic E-state index is 13.3. The van der Waals surface area contributed by atoms with Gasteiger partial charge in [0.2, 0.25) is 0 Å². The second kappa shape index (κ2) is 32.1. The van der Waals surface area contributed by atoms with Crippen molar-refractivity contribution in [3.05, 3.63) is 177 Å². The van der Waals surface area contributed by atoms with Crippen molar-refractivity contribution in [3.8, 4) is 23.0 Å². The van der Waals surface area contributed by atoms with Crippen molar-refractivity contribution in [1.82, 2.24) is 36.5 Å². The van der Waals surface area contributed by atoms with E-state index in [1.807, 2.05) is 0 Å². The first-order valence-corrected chi connectivity index (χ1v) is 28.2. The van der Waals surface area contributed by atoms with Gasteiger partial charge in [-0.3, -0.25) is 74.9 Å². The molecule has 0 saturated carbocycles. The first-order chi connectivity index (χ1) is 41.9. The number of ether oxygens (including phenoxy) is 8. The summed E-state index contributed by atoms with van der Waals surface area (Å²) in [6.07, 6.45) is 5.40. The summed E-state index contributed by atoms with van der Waals surface area (Å²) in [5, 5.41) is 0. The van der Waals surface area contributed by atoms with Crippen LogP contribution in [-0.2, 0) is 90.5 Å². The maximum Gasteiger partial charge on any atom is 0.331 e. The van der Waals surface area contributed by atoms with E-state index in [9.17, 15) is 57.5 Å². The standard InChI is InChI=1S/2C30H38N4O10/c2*1-7-43-23-13-22(18-34-28(38)20(4)16-32(30(34)40)12-10-26(36)42-6)24(44-8-2)14-21(23)17-33-27(37)19(3)15-31(29(33)39)11-9-25(35)41-5/h2*13-16H,7-12,17-18H2,1-6H3. The van der Waals surface area contributed by atoms with E-state index < -0.39 is 68.9 Å². The van der Waals surface area contributed by atoms with Crippen LogP contribution in [0.4, 0.5) is 0 Å². The van der Waals surface area contributed by atoms with E-state index in [4.69, 9.17) is 18.9 Å². The van der Waals surface area contributed by atoms with Gasteiger partial charge in [-0.2, -0.15) is 0 Å². The van der Waals surface area contributed by atoms with E-state index in [2.05, 4.69) is 18.9 Å². The highest BCUT2D eigenvalue weighted by Gasteiger charge is 2.22. The quantitative estimate of drug-likeness (QED) is 0.0500. The summed E-state index contributed by atoms with van der Waals surface area (Å²) in [5.41, 5.74) is -1.47. The summed E-state index contributed by atoms with van der Waals surface area (Å²) in [4.78, 5) is 152. The molecule has 0 aliphatic rings. The lowest BCUT2D eigenvalue weighted by molar-refractivity contribution is -0.141. The van der Waals surface area contributed by atoms with Crippen LogP contribution in [0, 0.1) is 27.7 Å². The number of aryl methyl sites for hydroxylation is 8. The molecule has 0 bridgehead atoms. The van der Waals surface area contributed by atoms with Crippen LogP contribution in [0.1, 0.15) is 97.9 Å². The Hall–Kier alpha value is -9.76. The fraction of sp³-hybridized carbons (Fsp3) is 0.467. The molecule has 476 valence electrons. The molecule has 4 heterocycles. The number of methoxy groups -OCH3 is 4. The van der Waals surface area contributed by atoms with Crippen LogP contribution < -0.4 is 63.9 Å². The summed E-state index contributed by atoms with van der Waals surface area (Å²) in [6, 6.07) is 6.47. The minimum Gasteiger partial charge on any atom is -0.494 e. The van der Waals surface area contributed by atoms with Crippen LogP contribution in [0.2, 0.25) is 0 Å². The molecule has 6 aromatic rings. The molecule has 28 heteroatoms. The van der Waals surface area contributed by atoms with E-state index in [0.717, 1.165) is 18.3 Å². The van der Waals surface area contributed by atoms with E-state index >= 15 is 0 Å². The van der Waals surface area contributed by atoms with Crippen molar-refractivity contribution in [2.45, 2.75) is 133 Å². The third kappa shape index (κ3) is 17.2. The van der Waals surface area contributed by atoms with E-state index in [0.29, 0.717) is 67.5 Å². The van der Waals surface area contributed by atoms with Crippen molar-refractivity contribution >= 4 is 23.9 Å². The lowest BCUT2D eigenvalue weighted by Crippen LogP contribution is -2.41. The third-order valence-electron chi connectivity index (χ3n) is 13.8. The van der Waals surface area contributed by atoms with Gasteiger partial charge in [0.25, 0.3) is 22.2 Å². The van der Waals surface area contributed by atoms with E-state index in [-0.39, 0.29) is 104 Å². The molecule has 0 aliphatic heterocycles. The van der Waals surface area contributed by atoms with Crippen molar-refractivity contribution in [3.63, 3.8) is 0 Å². The highest BCUT2D eigenvalue weighted by molar-refractivity contribution is 5.70. The molecule has 2 aromatic carbocycles. The van der Waals surface area contributed by atoms with Gasteiger partial charge in [-0.05, 0) is 79.7 Å². The molecule has 88 heavy (non-hydrogen) atoms. The van der Waals surface area contributed by atoms with Gasteiger partial charge < -0.3 is 37.9 Å². The molecule has 0 radical (unpaired) electrons. The SMILES string of the molecule is CCOc1cc(Cn2c(=O)c(C)cn(CCC(=O)OC)c2=O)c(OCC)cc1Cn1c(=O)c(C)cn(CCC(=O)OC)c1=O.CCOc1cc(Cn2c(=O)c(C)cn(CCC(=O)OC)c2=O)c(OCC)cc1Cn1c(=O)c(C)cn(CCC(=O)OC)c1=O. The third-order valence-corrected chi connectivity index (χ3v) is 13.8. The van der Waals surface area contributed by atoms with Gasteiger partial charge in [-0.25, -0.2) is 19.2 Å². The maximum absolute atomic E-state index is 13.3. The number of hydrogen-bond acceptors (Lipinski definition) is 20. The molecule has 0 unspecified atom stereocenters. The summed E-state index contributed by atoms with van der Waals surface area (Å²) < 4.78 is 51.5. The second-order valence-electron chi connectivity index (χ2n) is 19.9. The number of rotatable bonds is 28. The van der Waals surface area contributed by atoms with E-state index in [1.54, 1.807) is 79.7 Å². The van der Waals surface area contributed by atoms with Gasteiger partial charge >= 0.3 is 46.6 Å². The number of carbonyl (C=O) groups excluding carboxylic acids is 4. The molecule has 0 atom stereocenters. The lowest BCUT2D eigenvalue weighted by atomic mass is 10.1. The van der Waals surface area contributed by atoms with Gasteiger partial charge in [-0.15, -0.1) is 0 Å². The fourth-order valence-electron chi connectivity index (χ4n) is 9.27. The molecular weight excluding hydrogens is 1150 g/mol. The predicted molar refractivity (Wildman–Crippen MR) is 319 cm³/mol. The van der Waals surface area contributed by atoms with Crippen molar-refractivity contribution in [2.75, 3.05) is 54.9 Å². The smallest absolute Gasteiger partial charge is 0.331 e. The molecule has 0 N–H and O–H groups in total. The zero-order valence-corrected chi connectivity index (χ0v) is 51.7. The Morgan fingerprint density at radius 1 is 0.330 bits per heavy atom. The van der Waals surface area contributed by atoms with Crippen LogP contribution in [0.3, 0.4) is 0 Å². The Morgan fingerprint density at radius 3 is 0.670 bits per heavy atom. The van der Waals surface area contributed by atoms with Crippen LogP contribution in [0.5, 0.6) is 23.0 Å². The number of hydrogen-bond donors (Lipinski definition) is 0. The normalized spacial score (nSPS) is 10.9. The Labute approximate surface area is 504 Å². The lowest BCUT2D eigenvalue weighted by Gasteiger charge is -2.19. The molecule has 0 spiro atoms. The zero-order chi connectivity index (χ0) is 65.1. The molecule has 0 amide bonds. The van der Waals surface area contributed by atoms with Crippen LogP contribution in [0.15, 0.2) is 87.4 Å². The van der Waals surface area contributed by atoms with Gasteiger partial charge in [0.15, 0.2) is 0 Å². The van der Waals surface area contributed by atoms with Crippen molar-refractivity contribution in [1.29, 1.82) is 0 Å². The van der Waals surface area contributed by atoms with Crippen molar-refractivity contribution in [2.24, 2.45) is 0 Å². The number of aromatic nitrogens is 8. The molecule has 0 aliphatic carbocycles. The molecule has 28 nitrogen and oxygen atoms in total. The highest BCUT2D eigenvalue weighted by atomic mass is 16.5. The molecular formula is C60H76N8O20. The fourth-order valence-corrected chi connectivity index (χ4v) is 9.27. The van der Waals surface area contributed by atoms with Crippen molar-refractivity contribution < 1.29 is 57.1 Å². The monoisotopic (exact) mass is 1230 g/mol. The van der Waals surface area contributed by atoms with E-state index in [1.165, 1.54) is 71.5 Å². The minimum absolute atomic E-state index is 0.0243. The van der Waals surface area contributed by atoms with Gasteiger partial charge in [0.05, 0.1) is 107 Å². The largest absolute Gasteiger partial charge is 0.494 e. The van der Waals surface area contributed by atoms with Crippen LogP contribution >= 0.6 is 0 Å². The first-order valence-electron chi connectivity index (χ1n) is 28.2. The number of carbonyl (C=O) groups is 4. The number of esters is 4. The summed E-state index contributed by atoms with van der Waals surface area (Å²) in [5.74, 6) is -0.676. The molecule has 6 rings (SSSR count). The Morgan fingerprint density at radius 2 is 0.511 bits per heavy atom. The topological polar surface area (TPSA) is 318 Å². The number of benzene rings is 2. The van der Waals surface area contributed by atoms with Gasteiger partial charge in [-0.1, -0.05) is 0 Å². The average Bonchev–Trinajstić information content (AvgIpc) is 2.33. The minimum atomic E-state index is -0.618. The highest BCUT2D eigenvalue weighted by Crippen LogP contribution is 2.32. The Bertz CT molecular complexity index is 3530. The van der Waals surface area contributed by atoms with Crippen LogP contribution in [0.25, 0.3) is 0 Å². The summed E-state index contributed by atoms with van der Waals surface area (Å²) >= 11 is 0. The summed E-state index contributed by atoms with van der Waals surface area (Å²) in [7, 11) is 5.01. The summed E-state index contributed by atoms with van der Waals surface area (Å²) in [6.45, 7) is 13.8. The van der Waals surface area contributed by atoms with Gasteiger partial charge in [0.1, 0.15) is 23.0 Å². The van der Waals surface area contributed by atoms with Gasteiger partial charge in [0, 0.05) is 95.5 Å². The predicted octanol–water partition coefficient (Wildman–Crippen LogP) is 1.94. The average molecular weight is 1230 g/mol. The Balaban J connectivity index is 0.000000321. The zero-order valence-electron chi connectivity index (χ0n) is 51.7. The van der Waals surface area contributed by atoms with Crippen LogP contribution in [-0.4, -0.2) is 115 Å². The second-order valence-corrected chi connectivity index (χ2v) is 19.9. The molecule has 4 aromatic heterocycles. The first kappa shape index (κ1) is 69.0. The Kier molecular flexibility index (Phi) is 25.2. The molecule has 0 saturated heterocycles.